The molecule has 0 saturated heterocycles. The summed E-state index contributed by atoms with van der Waals surface area (Å²) in [5.41, 5.74) is 3.40. The predicted molar refractivity (Wildman–Crippen MR) is 137 cm³/mol. The third-order valence-electron chi connectivity index (χ3n) is 4.00. The van der Waals surface area contributed by atoms with E-state index in [0.29, 0.717) is 28.9 Å². The maximum Gasteiger partial charge on any atom is 0.226 e. The molecule has 0 atom stereocenters. The number of aryl methyl sites for hydroxylation is 1. The highest BCUT2D eigenvalue weighted by Gasteiger charge is 2.15. The van der Waals surface area contributed by atoms with Gasteiger partial charge in [0.25, 0.3) is 0 Å². The van der Waals surface area contributed by atoms with Crippen LogP contribution in [0.15, 0.2) is 24.5 Å². The van der Waals surface area contributed by atoms with Crippen LogP contribution in [-0.2, 0) is 6.42 Å². The van der Waals surface area contributed by atoms with Crippen molar-refractivity contribution in [3.05, 3.63) is 35.1 Å². The fourth-order valence-electron chi connectivity index (χ4n) is 2.69. The van der Waals surface area contributed by atoms with Gasteiger partial charge >= 0.3 is 0 Å². The summed E-state index contributed by atoms with van der Waals surface area (Å²) in [7, 11) is 0. The summed E-state index contributed by atoms with van der Waals surface area (Å²) in [5, 5.41) is 16.1. The van der Waals surface area contributed by atoms with Gasteiger partial charge in [-0.3, -0.25) is 0 Å². The number of hydrogen-bond donors (Lipinski definition) is 3. The van der Waals surface area contributed by atoms with Crippen LogP contribution in [0.5, 0.6) is 0 Å². The number of aliphatic hydroxyl groups excluding tert-OH is 1. The Morgan fingerprint density at radius 2 is 1.72 bits per heavy atom. The van der Waals surface area contributed by atoms with Gasteiger partial charge in [-0.05, 0) is 49.9 Å². The number of nitrogens with zero attached hydrogens (tertiary/aromatic N) is 4. The lowest BCUT2D eigenvalue weighted by atomic mass is 10.1. The molecule has 178 valence electrons. The molecule has 0 spiro atoms. The first-order valence-electron chi connectivity index (χ1n) is 11.4. The van der Waals surface area contributed by atoms with Gasteiger partial charge in [-0.25, -0.2) is 4.98 Å². The standard InChI is InChI=1S/C18H23ClN6O.C4H10.C2H6/c1-4-12-7-13(19)9-14(8-12)22-16-15-17(25(10-21-15)11(2)3)24-18(23-16)20-5-6-26;1-4(2)3;1-2/h7-11,26H,4-6H2,1-3H3,(H2,20,22,23,24);4H,1-3H3;1-2H3. The zero-order valence-corrected chi connectivity index (χ0v) is 21.5. The van der Waals surface area contributed by atoms with Crippen molar-refractivity contribution in [3.63, 3.8) is 0 Å². The minimum atomic E-state index is 0.00174. The van der Waals surface area contributed by atoms with Crippen LogP contribution in [0.3, 0.4) is 0 Å². The smallest absolute Gasteiger partial charge is 0.226 e. The van der Waals surface area contributed by atoms with Crippen molar-refractivity contribution >= 4 is 40.2 Å². The lowest BCUT2D eigenvalue weighted by Gasteiger charge is -2.12. The third kappa shape index (κ3) is 8.28. The number of nitrogens with one attached hydrogen (secondary N) is 2. The van der Waals surface area contributed by atoms with Crippen LogP contribution in [0.2, 0.25) is 5.02 Å². The molecule has 0 aliphatic heterocycles. The Bertz CT molecular complexity index is 952. The number of halogens is 1. The Morgan fingerprint density at radius 3 is 2.28 bits per heavy atom. The number of aliphatic hydroxyl groups is 1. The van der Waals surface area contributed by atoms with E-state index in [-0.39, 0.29) is 12.6 Å². The molecule has 7 nitrogen and oxygen atoms in total. The highest BCUT2D eigenvalue weighted by atomic mass is 35.5. The van der Waals surface area contributed by atoms with Crippen LogP contribution in [0.25, 0.3) is 11.2 Å². The lowest BCUT2D eigenvalue weighted by molar-refractivity contribution is 0.311. The van der Waals surface area contributed by atoms with E-state index in [4.69, 9.17) is 16.7 Å². The van der Waals surface area contributed by atoms with Gasteiger partial charge in [0, 0.05) is 23.3 Å². The normalized spacial score (nSPS) is 10.5. The average Bonchev–Trinajstić information content (AvgIpc) is 3.17. The second-order valence-corrected chi connectivity index (χ2v) is 8.46. The quantitative estimate of drug-likeness (QED) is 0.373. The molecule has 0 unspecified atom stereocenters. The molecule has 0 bridgehead atoms. The molecule has 0 saturated carbocycles. The summed E-state index contributed by atoms with van der Waals surface area (Å²) in [6.45, 7) is 17.1. The van der Waals surface area contributed by atoms with Gasteiger partial charge in [-0.1, -0.05) is 53.1 Å². The van der Waals surface area contributed by atoms with Crippen LogP contribution in [-0.4, -0.2) is 37.8 Å². The molecule has 3 aromatic rings. The van der Waals surface area contributed by atoms with Crippen molar-refractivity contribution in [2.24, 2.45) is 5.92 Å². The van der Waals surface area contributed by atoms with Crippen LogP contribution < -0.4 is 10.6 Å². The van der Waals surface area contributed by atoms with Crippen molar-refractivity contribution in [2.45, 2.75) is 67.9 Å². The van der Waals surface area contributed by atoms with Crippen LogP contribution in [0.1, 0.15) is 67.0 Å². The van der Waals surface area contributed by atoms with E-state index in [9.17, 15) is 0 Å². The van der Waals surface area contributed by atoms with E-state index in [0.717, 1.165) is 29.2 Å². The summed E-state index contributed by atoms with van der Waals surface area (Å²) in [6.07, 6.45) is 2.65. The molecule has 8 heteroatoms. The first-order chi connectivity index (χ1) is 15.2. The van der Waals surface area contributed by atoms with E-state index in [1.807, 2.05) is 36.6 Å². The van der Waals surface area contributed by atoms with Gasteiger partial charge in [0.1, 0.15) is 0 Å². The Morgan fingerprint density at radius 1 is 1.06 bits per heavy atom. The molecule has 2 heterocycles. The van der Waals surface area contributed by atoms with E-state index in [2.05, 4.69) is 67.1 Å². The van der Waals surface area contributed by atoms with Crippen LogP contribution >= 0.6 is 11.6 Å². The van der Waals surface area contributed by atoms with Crippen molar-refractivity contribution in [3.8, 4) is 0 Å². The molecule has 0 amide bonds. The minimum absolute atomic E-state index is 0.00174. The SMILES string of the molecule is CC.CC(C)C.CCc1cc(Cl)cc(Nc2nc(NCCO)nc3c2ncn3C(C)C)c1. The Labute approximate surface area is 197 Å². The molecule has 0 radical (unpaired) electrons. The largest absolute Gasteiger partial charge is 0.395 e. The molecule has 0 aliphatic carbocycles. The number of imidazole rings is 1. The van der Waals surface area contributed by atoms with Crippen LogP contribution in [0, 0.1) is 5.92 Å². The molecule has 32 heavy (non-hydrogen) atoms. The topological polar surface area (TPSA) is 87.9 Å². The summed E-state index contributed by atoms with van der Waals surface area (Å²) >= 11 is 6.23. The monoisotopic (exact) mass is 462 g/mol. The van der Waals surface area contributed by atoms with Gasteiger partial charge in [0.05, 0.1) is 12.9 Å². The minimum Gasteiger partial charge on any atom is -0.395 e. The summed E-state index contributed by atoms with van der Waals surface area (Å²) < 4.78 is 1.99. The average molecular weight is 463 g/mol. The molecule has 3 N–H and O–H groups in total. The second kappa shape index (κ2) is 13.9. The van der Waals surface area contributed by atoms with E-state index < -0.39 is 0 Å². The first kappa shape index (κ1) is 27.7. The molecule has 3 rings (SSSR count). The fourth-order valence-corrected chi connectivity index (χ4v) is 2.95. The van der Waals surface area contributed by atoms with E-state index >= 15 is 0 Å². The van der Waals surface area contributed by atoms with Crippen molar-refractivity contribution in [1.29, 1.82) is 0 Å². The zero-order valence-electron chi connectivity index (χ0n) is 20.7. The van der Waals surface area contributed by atoms with Crippen molar-refractivity contribution < 1.29 is 5.11 Å². The number of aromatic nitrogens is 4. The van der Waals surface area contributed by atoms with Gasteiger partial charge in [-0.15, -0.1) is 0 Å². The molecular weight excluding hydrogens is 424 g/mol. The third-order valence-corrected chi connectivity index (χ3v) is 4.22. The molecule has 0 aliphatic rings. The number of hydrogen-bond acceptors (Lipinski definition) is 6. The molecule has 0 fully saturated rings. The molecule has 2 aromatic heterocycles. The summed E-state index contributed by atoms with van der Waals surface area (Å²) in [4.78, 5) is 13.6. The second-order valence-electron chi connectivity index (χ2n) is 8.02. The maximum atomic E-state index is 9.07. The number of fused-ring (bicyclic) bond motifs is 1. The summed E-state index contributed by atoms with van der Waals surface area (Å²) in [6, 6.07) is 6.06. The van der Waals surface area contributed by atoms with E-state index in [1.54, 1.807) is 6.33 Å². The van der Waals surface area contributed by atoms with Crippen molar-refractivity contribution in [1.82, 2.24) is 19.5 Å². The lowest BCUT2D eigenvalue weighted by Crippen LogP contribution is -2.11. The van der Waals surface area contributed by atoms with Gasteiger partial charge in [-0.2, -0.15) is 9.97 Å². The molecule has 1 aromatic carbocycles. The van der Waals surface area contributed by atoms with Crippen molar-refractivity contribution in [2.75, 3.05) is 23.8 Å². The number of anilines is 3. The van der Waals surface area contributed by atoms with Gasteiger partial charge < -0.3 is 20.3 Å². The van der Waals surface area contributed by atoms with Gasteiger partial charge in [0.15, 0.2) is 17.0 Å². The Hall–Kier alpha value is -2.38. The zero-order chi connectivity index (χ0) is 24.3. The maximum absolute atomic E-state index is 9.07. The van der Waals surface area contributed by atoms with Gasteiger partial charge in [0.2, 0.25) is 5.95 Å². The van der Waals surface area contributed by atoms with E-state index in [1.165, 1.54) is 0 Å². The predicted octanol–water partition coefficient (Wildman–Crippen LogP) is 6.46. The Kier molecular flexibility index (Phi) is 12.0. The highest BCUT2D eigenvalue weighted by Crippen LogP contribution is 2.28. The fraction of sp³-hybridized carbons (Fsp3) is 0.542. The number of benzene rings is 1. The van der Waals surface area contributed by atoms with Crippen LogP contribution in [0.4, 0.5) is 17.5 Å². The summed E-state index contributed by atoms with van der Waals surface area (Å²) in [5.74, 6) is 1.87. The Balaban J connectivity index is 0.000000769. The molecular formula is C24H39ClN6O. The first-order valence-corrected chi connectivity index (χ1v) is 11.8. The highest BCUT2D eigenvalue weighted by molar-refractivity contribution is 6.31. The number of rotatable bonds is 7.